The lowest BCUT2D eigenvalue weighted by Gasteiger charge is -2.02. The number of carbonyl (C=O) groups excluding carboxylic acids is 1. The Balaban J connectivity index is 1.66. The first-order valence-electron chi connectivity index (χ1n) is 6.72. The van der Waals surface area contributed by atoms with E-state index in [9.17, 15) is 4.79 Å². The highest BCUT2D eigenvalue weighted by molar-refractivity contribution is 7.15. The summed E-state index contributed by atoms with van der Waals surface area (Å²) in [5.41, 5.74) is 0.999. The second-order valence-corrected chi connectivity index (χ2v) is 7.31. The highest BCUT2D eigenvalue weighted by atomic mass is 35.5. The quantitative estimate of drug-likeness (QED) is 0.881. The number of benzene rings is 1. The molecule has 3 rings (SSSR count). The Morgan fingerprint density at radius 2 is 2.24 bits per heavy atom. The van der Waals surface area contributed by atoms with Crippen LogP contribution in [0.15, 0.2) is 24.4 Å². The largest absolute Gasteiger partial charge is 0.302 e. The van der Waals surface area contributed by atoms with Crippen molar-refractivity contribution in [1.29, 1.82) is 0 Å². The van der Waals surface area contributed by atoms with Crippen molar-refractivity contribution in [2.24, 2.45) is 11.8 Å². The van der Waals surface area contributed by atoms with Gasteiger partial charge in [0, 0.05) is 33.5 Å². The van der Waals surface area contributed by atoms with E-state index in [0.29, 0.717) is 27.5 Å². The number of hydrogen-bond acceptors (Lipinski definition) is 3. The number of thiazole rings is 1. The molecule has 2 unspecified atom stereocenters. The lowest BCUT2D eigenvalue weighted by Crippen LogP contribution is -2.13. The molecule has 3 nitrogen and oxygen atoms in total. The Labute approximate surface area is 137 Å². The van der Waals surface area contributed by atoms with E-state index in [1.54, 1.807) is 12.3 Å². The summed E-state index contributed by atoms with van der Waals surface area (Å²) >= 11 is 13.5. The van der Waals surface area contributed by atoms with Gasteiger partial charge in [-0.25, -0.2) is 4.98 Å². The molecule has 2 atom stereocenters. The van der Waals surface area contributed by atoms with Crippen LogP contribution < -0.4 is 5.32 Å². The van der Waals surface area contributed by atoms with Gasteiger partial charge in [-0.1, -0.05) is 36.2 Å². The van der Waals surface area contributed by atoms with Gasteiger partial charge in [-0.3, -0.25) is 4.79 Å². The van der Waals surface area contributed by atoms with Crippen LogP contribution >= 0.6 is 34.5 Å². The predicted octanol–water partition coefficient (Wildman–Crippen LogP) is 4.64. The summed E-state index contributed by atoms with van der Waals surface area (Å²) < 4.78 is 0. The molecule has 1 fully saturated rings. The van der Waals surface area contributed by atoms with E-state index >= 15 is 0 Å². The lowest BCUT2D eigenvalue weighted by atomic mass is 10.1. The first-order chi connectivity index (χ1) is 10.0. The number of nitrogens with zero attached hydrogens (tertiary/aromatic N) is 1. The maximum atomic E-state index is 11.9. The molecule has 1 aliphatic rings. The zero-order valence-electron chi connectivity index (χ0n) is 11.4. The van der Waals surface area contributed by atoms with E-state index in [4.69, 9.17) is 23.2 Å². The van der Waals surface area contributed by atoms with Gasteiger partial charge in [0.2, 0.25) is 5.91 Å². The molecular weight excluding hydrogens is 327 g/mol. The normalized spacial score (nSPS) is 20.3. The van der Waals surface area contributed by atoms with Gasteiger partial charge in [-0.2, -0.15) is 0 Å². The van der Waals surface area contributed by atoms with Gasteiger partial charge in [0.05, 0.1) is 0 Å². The van der Waals surface area contributed by atoms with E-state index in [-0.39, 0.29) is 11.8 Å². The van der Waals surface area contributed by atoms with Gasteiger partial charge in [-0.15, -0.1) is 11.3 Å². The monoisotopic (exact) mass is 340 g/mol. The molecule has 6 heteroatoms. The van der Waals surface area contributed by atoms with Crippen molar-refractivity contribution >= 4 is 45.6 Å². The highest BCUT2D eigenvalue weighted by Gasteiger charge is 2.39. The summed E-state index contributed by atoms with van der Waals surface area (Å²) in [5.74, 6) is 0.730. The van der Waals surface area contributed by atoms with E-state index in [0.717, 1.165) is 16.9 Å². The van der Waals surface area contributed by atoms with Crippen molar-refractivity contribution in [3.8, 4) is 0 Å². The van der Waals surface area contributed by atoms with Crippen LogP contribution in [-0.2, 0) is 11.2 Å². The fourth-order valence-electron chi connectivity index (χ4n) is 2.19. The smallest absolute Gasteiger partial charge is 0.229 e. The first kappa shape index (κ1) is 14.8. The molecule has 1 saturated carbocycles. The fraction of sp³-hybridized carbons (Fsp3) is 0.333. The van der Waals surface area contributed by atoms with Gasteiger partial charge >= 0.3 is 0 Å². The molecular formula is C15H14Cl2N2OS. The standard InChI is InChI=1S/C15H14Cl2N2OS/c1-8-4-12(8)14(20)19-15-18-7-11(21-15)5-9-2-3-10(16)6-13(9)17/h2-3,6-8,12H,4-5H2,1H3,(H,18,19,20). The third-order valence-electron chi connectivity index (χ3n) is 3.61. The number of aromatic nitrogens is 1. The minimum absolute atomic E-state index is 0.0768. The van der Waals surface area contributed by atoms with Crippen LogP contribution in [0, 0.1) is 11.8 Å². The molecule has 1 aromatic carbocycles. The second kappa shape index (κ2) is 5.95. The second-order valence-electron chi connectivity index (χ2n) is 5.35. The van der Waals surface area contributed by atoms with E-state index in [1.807, 2.05) is 12.1 Å². The van der Waals surface area contributed by atoms with Crippen LogP contribution in [0.5, 0.6) is 0 Å². The molecule has 110 valence electrons. The van der Waals surface area contributed by atoms with Gasteiger partial charge in [0.25, 0.3) is 0 Å². The van der Waals surface area contributed by atoms with Gasteiger partial charge < -0.3 is 5.32 Å². The number of hydrogen-bond donors (Lipinski definition) is 1. The van der Waals surface area contributed by atoms with Crippen molar-refractivity contribution in [1.82, 2.24) is 4.98 Å². The van der Waals surface area contributed by atoms with Crippen molar-refractivity contribution in [2.45, 2.75) is 19.8 Å². The summed E-state index contributed by atoms with van der Waals surface area (Å²) in [6, 6.07) is 5.46. The van der Waals surface area contributed by atoms with Crippen molar-refractivity contribution in [3.63, 3.8) is 0 Å². The predicted molar refractivity (Wildman–Crippen MR) is 87.3 cm³/mol. The molecule has 21 heavy (non-hydrogen) atoms. The maximum Gasteiger partial charge on any atom is 0.229 e. The number of anilines is 1. The molecule has 0 radical (unpaired) electrons. The van der Waals surface area contributed by atoms with Crippen molar-refractivity contribution in [2.75, 3.05) is 5.32 Å². The average Bonchev–Trinajstić information content (AvgIpc) is 3.00. The highest BCUT2D eigenvalue weighted by Crippen LogP contribution is 2.38. The first-order valence-corrected chi connectivity index (χ1v) is 8.29. The molecule has 0 spiro atoms. The van der Waals surface area contributed by atoms with Crippen molar-refractivity contribution in [3.05, 3.63) is 44.9 Å². The number of nitrogens with one attached hydrogen (secondary N) is 1. The fourth-order valence-corrected chi connectivity index (χ4v) is 3.50. The summed E-state index contributed by atoms with van der Waals surface area (Å²) in [5, 5.41) is 4.80. The third kappa shape index (κ3) is 3.57. The van der Waals surface area contributed by atoms with Crippen molar-refractivity contribution < 1.29 is 4.79 Å². The minimum Gasteiger partial charge on any atom is -0.302 e. The zero-order valence-corrected chi connectivity index (χ0v) is 13.7. The summed E-state index contributed by atoms with van der Waals surface area (Å²) in [6.07, 6.45) is 3.44. The molecule has 1 heterocycles. The molecule has 0 aliphatic heterocycles. The number of halogens is 2. The molecule has 1 aliphatic carbocycles. The Hall–Kier alpha value is -1.10. The molecule has 1 aromatic heterocycles. The molecule has 0 bridgehead atoms. The Morgan fingerprint density at radius 3 is 2.90 bits per heavy atom. The molecule has 1 amide bonds. The summed E-state index contributed by atoms with van der Waals surface area (Å²) in [4.78, 5) is 17.2. The van der Waals surface area contributed by atoms with E-state index < -0.39 is 0 Å². The third-order valence-corrected chi connectivity index (χ3v) is 5.11. The number of amides is 1. The number of rotatable bonds is 4. The average molecular weight is 341 g/mol. The van der Waals surface area contributed by atoms with E-state index in [2.05, 4.69) is 17.2 Å². The van der Waals surface area contributed by atoms with Crippen LogP contribution in [0.25, 0.3) is 0 Å². The molecule has 0 saturated heterocycles. The Morgan fingerprint density at radius 1 is 1.48 bits per heavy atom. The van der Waals surface area contributed by atoms with Gasteiger partial charge in [-0.05, 0) is 30.0 Å². The van der Waals surface area contributed by atoms with Gasteiger partial charge in [0.1, 0.15) is 0 Å². The van der Waals surface area contributed by atoms with Crippen LogP contribution in [0.1, 0.15) is 23.8 Å². The topological polar surface area (TPSA) is 42.0 Å². The summed E-state index contributed by atoms with van der Waals surface area (Å²) in [7, 11) is 0. The Kier molecular flexibility index (Phi) is 4.20. The van der Waals surface area contributed by atoms with Gasteiger partial charge in [0.15, 0.2) is 5.13 Å². The SMILES string of the molecule is CC1CC1C(=O)Nc1ncc(Cc2ccc(Cl)cc2Cl)s1. The van der Waals surface area contributed by atoms with Crippen LogP contribution in [-0.4, -0.2) is 10.9 Å². The lowest BCUT2D eigenvalue weighted by molar-refractivity contribution is -0.117. The molecule has 1 N–H and O–H groups in total. The zero-order chi connectivity index (χ0) is 15.0. The summed E-state index contributed by atoms with van der Waals surface area (Å²) in [6.45, 7) is 2.08. The van der Waals surface area contributed by atoms with Crippen LogP contribution in [0.3, 0.4) is 0 Å². The molecule has 2 aromatic rings. The maximum absolute atomic E-state index is 11.9. The van der Waals surface area contributed by atoms with Crippen LogP contribution in [0.4, 0.5) is 5.13 Å². The van der Waals surface area contributed by atoms with Crippen LogP contribution in [0.2, 0.25) is 10.0 Å². The minimum atomic E-state index is 0.0768. The Bertz CT molecular complexity index is 686. The number of carbonyl (C=O) groups is 1. The van der Waals surface area contributed by atoms with E-state index in [1.165, 1.54) is 11.3 Å².